The zero-order chi connectivity index (χ0) is 23.1. The van der Waals surface area contributed by atoms with E-state index in [1.165, 1.54) is 11.6 Å². The smallest absolute Gasteiger partial charge is 0.332 e. The zero-order valence-electron chi connectivity index (χ0n) is 18.8. The van der Waals surface area contributed by atoms with Crippen LogP contribution in [0.15, 0.2) is 52.8 Å². The van der Waals surface area contributed by atoms with Crippen LogP contribution in [0.5, 0.6) is 11.5 Å². The Morgan fingerprint density at radius 2 is 1.88 bits per heavy atom. The lowest BCUT2D eigenvalue weighted by Gasteiger charge is -2.14. The van der Waals surface area contributed by atoms with Gasteiger partial charge in [0, 0.05) is 27.1 Å². The summed E-state index contributed by atoms with van der Waals surface area (Å²) >= 11 is 0. The van der Waals surface area contributed by atoms with Crippen LogP contribution in [0.1, 0.15) is 6.42 Å². The second-order valence-corrected chi connectivity index (χ2v) is 7.49. The van der Waals surface area contributed by atoms with Crippen molar-refractivity contribution in [3.05, 3.63) is 64.1 Å². The Balaban J connectivity index is 0.00000385. The van der Waals surface area contributed by atoms with Crippen LogP contribution in [-0.4, -0.2) is 56.2 Å². The number of aryl methyl sites for hydroxylation is 2. The van der Waals surface area contributed by atoms with Gasteiger partial charge in [0.05, 0.1) is 12.9 Å². The number of halogens is 1. The van der Waals surface area contributed by atoms with Gasteiger partial charge in [-0.1, -0.05) is 24.8 Å². The van der Waals surface area contributed by atoms with Gasteiger partial charge in [-0.05, 0) is 12.1 Å². The van der Waals surface area contributed by atoms with Crippen molar-refractivity contribution in [3.63, 3.8) is 0 Å². The number of aliphatic hydroxyl groups is 1. The van der Waals surface area contributed by atoms with Gasteiger partial charge in [-0.15, -0.1) is 0 Å². The van der Waals surface area contributed by atoms with E-state index in [9.17, 15) is 14.7 Å². The van der Waals surface area contributed by atoms with Gasteiger partial charge in [0.25, 0.3) is 5.56 Å². The predicted octanol–water partition coefficient (Wildman–Crippen LogP) is -3.60. The molecule has 11 heteroatoms. The van der Waals surface area contributed by atoms with Gasteiger partial charge < -0.3 is 36.9 Å². The molecule has 1 unspecified atom stereocenters. The molecule has 0 amide bonds. The van der Waals surface area contributed by atoms with Crippen LogP contribution in [0.4, 0.5) is 0 Å². The van der Waals surface area contributed by atoms with Crippen LogP contribution in [0.25, 0.3) is 11.2 Å². The van der Waals surface area contributed by atoms with Gasteiger partial charge in [0.15, 0.2) is 22.7 Å². The summed E-state index contributed by atoms with van der Waals surface area (Å²) in [6, 6.07) is 7.31. The van der Waals surface area contributed by atoms with E-state index >= 15 is 0 Å². The summed E-state index contributed by atoms with van der Waals surface area (Å²) in [5.41, 5.74) is 0.0501. The first-order valence-corrected chi connectivity index (χ1v) is 10.5. The van der Waals surface area contributed by atoms with E-state index in [1.54, 1.807) is 30.1 Å². The van der Waals surface area contributed by atoms with Crippen LogP contribution in [0, 0.1) is 0 Å². The van der Waals surface area contributed by atoms with E-state index in [0.29, 0.717) is 42.4 Å². The summed E-state index contributed by atoms with van der Waals surface area (Å²) < 4.78 is 15.5. The topological polar surface area (TPSA) is 117 Å². The van der Waals surface area contributed by atoms with Crippen LogP contribution in [0.3, 0.4) is 0 Å². The van der Waals surface area contributed by atoms with Crippen molar-refractivity contribution in [2.45, 2.75) is 19.1 Å². The van der Waals surface area contributed by atoms with Crippen LogP contribution < -0.4 is 38.4 Å². The molecule has 2 heterocycles. The summed E-state index contributed by atoms with van der Waals surface area (Å²) in [5, 5.41) is 12.2. The van der Waals surface area contributed by atoms with E-state index < -0.39 is 11.8 Å². The number of rotatable bonds is 12. The lowest BCUT2D eigenvalue weighted by molar-refractivity contribution is -0.661. The number of imidazole rings is 1. The monoisotopic (exact) mass is 479 g/mol. The van der Waals surface area contributed by atoms with Gasteiger partial charge in [-0.3, -0.25) is 13.9 Å². The third kappa shape index (κ3) is 6.25. The van der Waals surface area contributed by atoms with Gasteiger partial charge in [-0.2, -0.15) is 0 Å². The summed E-state index contributed by atoms with van der Waals surface area (Å²) in [5.74, 6) is 1.19. The molecule has 0 aliphatic carbocycles. The Hall–Kier alpha value is -3.08. The molecule has 0 saturated heterocycles. The molecule has 3 rings (SSSR count). The van der Waals surface area contributed by atoms with E-state index in [1.807, 2.05) is 23.5 Å². The van der Waals surface area contributed by atoms with E-state index in [4.69, 9.17) is 9.47 Å². The number of nitrogens with zero attached hydrogens (tertiary/aromatic N) is 4. The van der Waals surface area contributed by atoms with Crippen molar-refractivity contribution in [3.8, 4) is 11.5 Å². The highest BCUT2D eigenvalue weighted by atomic mass is 35.5. The molecular formula is C22H30ClN5O5. The highest BCUT2D eigenvalue weighted by molar-refractivity contribution is 5.69. The largest absolute Gasteiger partial charge is 1.00 e. The number of para-hydroxylation sites is 2. The third-order valence-corrected chi connectivity index (χ3v) is 5.10. The quantitative estimate of drug-likeness (QED) is 0.205. The van der Waals surface area contributed by atoms with Crippen molar-refractivity contribution in [2.75, 3.05) is 26.3 Å². The van der Waals surface area contributed by atoms with Crippen LogP contribution in [0.2, 0.25) is 0 Å². The lowest BCUT2D eigenvalue weighted by atomic mass is 10.3. The molecule has 0 saturated carbocycles. The van der Waals surface area contributed by atoms with Gasteiger partial charge in [-0.25, -0.2) is 9.78 Å². The normalized spacial score (nSPS) is 11.7. The average Bonchev–Trinajstić information content (AvgIpc) is 3.23. The second-order valence-electron chi connectivity index (χ2n) is 7.49. The van der Waals surface area contributed by atoms with Crippen molar-refractivity contribution in [2.24, 2.45) is 14.1 Å². The average molecular weight is 480 g/mol. The third-order valence-electron chi connectivity index (χ3n) is 5.10. The summed E-state index contributed by atoms with van der Waals surface area (Å²) in [4.78, 5) is 28.7. The maximum atomic E-state index is 12.5. The fraction of sp³-hybridized carbons (Fsp3) is 0.409. The minimum atomic E-state index is -0.640. The summed E-state index contributed by atoms with van der Waals surface area (Å²) in [6.07, 6.45) is 3.37. The molecule has 3 N–H and O–H groups in total. The first kappa shape index (κ1) is 26.2. The SMILES string of the molecule is C=CCOc1ccccc1OCC(O)C[NH2+]CCCn1cnc2c1c(=O)n(C)c(=O)n2C.[Cl-]. The number of aliphatic hydroxyl groups excluding tert-OH is 1. The standard InChI is InChI=1S/C22H29N5O5.ClH/c1-4-12-31-17-8-5-6-9-18(17)32-14-16(28)13-23-10-7-11-27-15-24-20-19(27)21(29)26(3)22(30)25(20)2;/h4-6,8-9,15-16,23,28H,1,7,10-14H2,2-3H3;1H. The van der Waals surface area contributed by atoms with Gasteiger partial charge in [0.2, 0.25) is 0 Å². The highest BCUT2D eigenvalue weighted by Gasteiger charge is 2.14. The molecule has 33 heavy (non-hydrogen) atoms. The number of ether oxygens (including phenoxy) is 2. The number of hydrogen-bond acceptors (Lipinski definition) is 6. The Morgan fingerprint density at radius 1 is 1.18 bits per heavy atom. The molecule has 0 fully saturated rings. The van der Waals surface area contributed by atoms with E-state index in [0.717, 1.165) is 17.5 Å². The van der Waals surface area contributed by atoms with Crippen LogP contribution in [-0.2, 0) is 20.6 Å². The van der Waals surface area contributed by atoms with Crippen LogP contribution >= 0.6 is 0 Å². The number of benzene rings is 1. The van der Waals surface area contributed by atoms with E-state index in [2.05, 4.69) is 11.6 Å². The molecule has 1 atom stereocenters. The Kier molecular flexibility index (Phi) is 9.71. The first-order valence-electron chi connectivity index (χ1n) is 10.5. The number of quaternary nitrogens is 1. The molecule has 2 aromatic heterocycles. The fourth-order valence-corrected chi connectivity index (χ4v) is 3.37. The Morgan fingerprint density at radius 3 is 2.58 bits per heavy atom. The minimum Gasteiger partial charge on any atom is -1.00 e. The van der Waals surface area contributed by atoms with Crippen molar-refractivity contribution in [1.82, 2.24) is 18.7 Å². The highest BCUT2D eigenvalue weighted by Crippen LogP contribution is 2.26. The van der Waals surface area contributed by atoms with Crippen molar-refractivity contribution < 1.29 is 32.3 Å². The number of aromatic nitrogens is 4. The molecule has 0 aliphatic heterocycles. The summed E-state index contributed by atoms with van der Waals surface area (Å²) in [7, 11) is 3.06. The Labute approximate surface area is 197 Å². The molecule has 0 spiro atoms. The molecule has 0 aliphatic rings. The number of fused-ring (bicyclic) bond motifs is 1. The van der Waals surface area contributed by atoms with Crippen molar-refractivity contribution >= 4 is 11.2 Å². The molecule has 10 nitrogen and oxygen atoms in total. The Bertz CT molecular complexity index is 1190. The first-order chi connectivity index (χ1) is 15.4. The maximum absolute atomic E-state index is 12.5. The predicted molar refractivity (Wildman–Crippen MR) is 120 cm³/mol. The molecule has 3 aromatic rings. The molecule has 0 radical (unpaired) electrons. The maximum Gasteiger partial charge on any atom is 0.332 e. The molecular weight excluding hydrogens is 450 g/mol. The molecule has 1 aromatic carbocycles. The zero-order valence-corrected chi connectivity index (χ0v) is 19.6. The van der Waals surface area contributed by atoms with Crippen molar-refractivity contribution in [1.29, 1.82) is 0 Å². The van der Waals surface area contributed by atoms with Gasteiger partial charge in [0.1, 0.15) is 25.9 Å². The van der Waals surface area contributed by atoms with E-state index in [-0.39, 0.29) is 24.6 Å². The second kappa shape index (κ2) is 12.2. The number of nitrogens with two attached hydrogens (primary N) is 1. The lowest BCUT2D eigenvalue weighted by Crippen LogP contribution is -3.00. The van der Waals surface area contributed by atoms with Gasteiger partial charge >= 0.3 is 5.69 Å². The number of hydrogen-bond donors (Lipinski definition) is 2. The fourth-order valence-electron chi connectivity index (χ4n) is 3.37. The molecule has 180 valence electrons. The summed E-state index contributed by atoms with van der Waals surface area (Å²) in [6.45, 7) is 5.98. The minimum absolute atomic E-state index is 0. The molecule has 0 bridgehead atoms.